The van der Waals surface area contributed by atoms with Crippen LogP contribution in [-0.4, -0.2) is 9.55 Å². The Morgan fingerprint density at radius 3 is 2.70 bits per heavy atom. The van der Waals surface area contributed by atoms with Crippen LogP contribution in [-0.2, 0) is 0 Å². The van der Waals surface area contributed by atoms with E-state index in [4.69, 9.17) is 4.42 Å². The minimum absolute atomic E-state index is 0.314. The van der Waals surface area contributed by atoms with Crippen molar-refractivity contribution < 1.29 is 4.42 Å². The van der Waals surface area contributed by atoms with Crippen molar-refractivity contribution in [1.29, 1.82) is 0 Å². The first kappa shape index (κ1) is 16.3. The molecule has 5 heteroatoms. The van der Waals surface area contributed by atoms with Gasteiger partial charge in [-0.3, -0.25) is 4.57 Å². The lowest BCUT2D eigenvalue weighted by Crippen LogP contribution is -2.23. The van der Waals surface area contributed by atoms with Crippen LogP contribution in [0.4, 0.5) is 0 Å². The minimum atomic E-state index is -0.314. The third-order valence-electron chi connectivity index (χ3n) is 4.74. The first-order valence-corrected chi connectivity index (χ1v) is 9.59. The number of aromatic nitrogens is 2. The van der Waals surface area contributed by atoms with Gasteiger partial charge in [-0.25, -0.2) is 4.79 Å². The van der Waals surface area contributed by atoms with Crippen molar-refractivity contribution in [3.05, 3.63) is 87.4 Å². The van der Waals surface area contributed by atoms with E-state index < -0.39 is 0 Å². The lowest BCUT2D eigenvalue weighted by Gasteiger charge is -2.11. The summed E-state index contributed by atoms with van der Waals surface area (Å²) in [5.41, 5.74) is 4.09. The summed E-state index contributed by atoms with van der Waals surface area (Å²) in [7, 11) is 0. The van der Waals surface area contributed by atoms with Crippen LogP contribution in [0.5, 0.6) is 0 Å². The van der Waals surface area contributed by atoms with Gasteiger partial charge in [-0.05, 0) is 48.7 Å². The number of benzene rings is 2. The molecule has 2 aromatic heterocycles. The van der Waals surface area contributed by atoms with Crippen molar-refractivity contribution in [3.8, 4) is 5.69 Å². The van der Waals surface area contributed by atoms with E-state index in [1.165, 1.54) is 0 Å². The number of furan rings is 1. The summed E-state index contributed by atoms with van der Waals surface area (Å²) < 4.78 is 8.75. The summed E-state index contributed by atoms with van der Waals surface area (Å²) >= 11 is 3.53. The van der Waals surface area contributed by atoms with Crippen molar-refractivity contribution in [3.63, 3.8) is 0 Å². The molecule has 4 aromatic rings. The van der Waals surface area contributed by atoms with Crippen molar-refractivity contribution in [2.24, 2.45) is 0 Å². The van der Waals surface area contributed by atoms with Crippen molar-refractivity contribution in [1.82, 2.24) is 9.55 Å². The molecule has 1 aliphatic carbocycles. The topological polar surface area (TPSA) is 48.0 Å². The zero-order chi connectivity index (χ0) is 18.4. The first-order chi connectivity index (χ1) is 13.2. The smallest absolute Gasteiger partial charge is 0.353 e. The molecule has 0 radical (unpaired) electrons. The fraction of sp³-hybridized carbons (Fsp3) is 0.0909. The quantitative estimate of drug-likeness (QED) is 0.423. The molecule has 0 fully saturated rings. The van der Waals surface area contributed by atoms with Gasteiger partial charge in [-0.2, -0.15) is 4.98 Å². The summed E-state index contributed by atoms with van der Waals surface area (Å²) in [5, 5.41) is 0.879. The highest BCUT2D eigenvalue weighted by Gasteiger charge is 2.21. The Bertz CT molecular complexity index is 1300. The number of nitrogens with zero attached hydrogens (tertiary/aromatic N) is 2. The molecule has 4 nitrogen and oxygen atoms in total. The molecule has 132 valence electrons. The summed E-state index contributed by atoms with van der Waals surface area (Å²) in [6.07, 6.45) is 8.16. The van der Waals surface area contributed by atoms with Gasteiger partial charge in [-0.15, -0.1) is 0 Å². The largest absolute Gasteiger partial charge is 0.452 e. The Labute approximate surface area is 163 Å². The van der Waals surface area contributed by atoms with Crippen molar-refractivity contribution in [2.75, 3.05) is 0 Å². The molecule has 0 unspecified atom stereocenters. The van der Waals surface area contributed by atoms with E-state index in [1.807, 2.05) is 54.6 Å². The van der Waals surface area contributed by atoms with Gasteiger partial charge in [0.1, 0.15) is 16.8 Å². The van der Waals surface area contributed by atoms with Crippen LogP contribution in [0.25, 0.3) is 33.3 Å². The number of hydrogen-bond donors (Lipinski definition) is 0. The van der Waals surface area contributed by atoms with Crippen molar-refractivity contribution in [2.45, 2.75) is 12.8 Å². The van der Waals surface area contributed by atoms with E-state index in [9.17, 15) is 4.79 Å². The second kappa shape index (κ2) is 6.35. The maximum absolute atomic E-state index is 13.1. The molecule has 2 aromatic carbocycles. The molecule has 0 atom stereocenters. The van der Waals surface area contributed by atoms with E-state index in [-0.39, 0.29) is 5.69 Å². The van der Waals surface area contributed by atoms with Crippen LogP contribution in [0, 0.1) is 0 Å². The Balaban J connectivity index is 1.96. The standard InChI is InChI=1S/C22H15BrN2O2/c23-15-11-12-18-17(13-15)20-21(27-18)19(14-7-3-1-4-8-14)24-22(26)25(20)16-9-5-2-6-10-16/h2-3,5-13H,1,4H2. The second-order valence-electron chi connectivity index (χ2n) is 6.47. The maximum Gasteiger partial charge on any atom is 0.353 e. The molecule has 27 heavy (non-hydrogen) atoms. The summed E-state index contributed by atoms with van der Waals surface area (Å²) in [6, 6.07) is 15.4. The number of fused-ring (bicyclic) bond motifs is 3. The summed E-state index contributed by atoms with van der Waals surface area (Å²) in [4.78, 5) is 17.5. The van der Waals surface area contributed by atoms with Crippen LogP contribution in [0.15, 0.2) is 80.4 Å². The van der Waals surface area contributed by atoms with Gasteiger partial charge in [0.15, 0.2) is 5.58 Å². The Kier molecular flexibility index (Phi) is 3.83. The van der Waals surface area contributed by atoms with E-state index in [1.54, 1.807) is 4.57 Å². The molecular weight excluding hydrogens is 404 g/mol. The fourth-order valence-corrected chi connectivity index (χ4v) is 3.89. The van der Waals surface area contributed by atoms with Crippen LogP contribution < -0.4 is 5.69 Å². The van der Waals surface area contributed by atoms with Crippen LogP contribution in [0.1, 0.15) is 18.5 Å². The molecule has 2 heterocycles. The third kappa shape index (κ3) is 2.66. The number of rotatable bonds is 2. The third-order valence-corrected chi connectivity index (χ3v) is 5.24. The van der Waals surface area contributed by atoms with Gasteiger partial charge < -0.3 is 4.42 Å². The number of para-hydroxylation sites is 1. The average molecular weight is 419 g/mol. The number of allylic oxidation sites excluding steroid dienone is 4. The molecule has 5 rings (SSSR count). The molecule has 1 aliphatic rings. The van der Waals surface area contributed by atoms with E-state index >= 15 is 0 Å². The molecule has 0 N–H and O–H groups in total. The van der Waals surface area contributed by atoms with Gasteiger partial charge in [0.25, 0.3) is 0 Å². The van der Waals surface area contributed by atoms with E-state index in [0.717, 1.165) is 45.1 Å². The Morgan fingerprint density at radius 2 is 1.93 bits per heavy atom. The summed E-state index contributed by atoms with van der Waals surface area (Å²) in [5.74, 6) is 0. The van der Waals surface area contributed by atoms with Gasteiger partial charge in [0.2, 0.25) is 0 Å². The summed E-state index contributed by atoms with van der Waals surface area (Å²) in [6.45, 7) is 0. The highest BCUT2D eigenvalue weighted by atomic mass is 79.9. The molecule has 0 bridgehead atoms. The lowest BCUT2D eigenvalue weighted by molar-refractivity contribution is 0.661. The maximum atomic E-state index is 13.1. The van der Waals surface area contributed by atoms with Gasteiger partial charge >= 0.3 is 5.69 Å². The molecule has 0 aliphatic heterocycles. The highest BCUT2D eigenvalue weighted by molar-refractivity contribution is 9.10. The predicted molar refractivity (Wildman–Crippen MR) is 111 cm³/mol. The van der Waals surface area contributed by atoms with E-state index in [0.29, 0.717) is 11.3 Å². The van der Waals surface area contributed by atoms with Crippen LogP contribution in [0.3, 0.4) is 0 Å². The monoisotopic (exact) mass is 418 g/mol. The van der Waals surface area contributed by atoms with Crippen LogP contribution >= 0.6 is 15.9 Å². The van der Waals surface area contributed by atoms with E-state index in [2.05, 4.69) is 33.1 Å². The minimum Gasteiger partial charge on any atom is -0.452 e. The predicted octanol–water partition coefficient (Wildman–Crippen LogP) is 5.63. The molecule has 0 spiro atoms. The average Bonchev–Trinajstić information content (AvgIpc) is 3.07. The first-order valence-electron chi connectivity index (χ1n) is 8.80. The Morgan fingerprint density at radius 1 is 1.07 bits per heavy atom. The SMILES string of the molecule is O=c1nc(C2=CCCC=C2)c2oc3ccc(Br)cc3c2n1-c1ccccc1. The van der Waals surface area contributed by atoms with Crippen LogP contribution in [0.2, 0.25) is 0 Å². The lowest BCUT2D eigenvalue weighted by atomic mass is 10.0. The molecule has 0 saturated heterocycles. The second-order valence-corrected chi connectivity index (χ2v) is 7.39. The number of halogens is 1. The normalized spacial score (nSPS) is 14.0. The fourth-order valence-electron chi connectivity index (χ4n) is 3.53. The number of hydrogen-bond acceptors (Lipinski definition) is 3. The highest BCUT2D eigenvalue weighted by Crippen LogP contribution is 2.35. The molecule has 0 saturated carbocycles. The molecule has 0 amide bonds. The molecular formula is C22H15BrN2O2. The Hall–Kier alpha value is -2.92. The van der Waals surface area contributed by atoms with Gasteiger partial charge in [0.05, 0.1) is 5.69 Å². The zero-order valence-electron chi connectivity index (χ0n) is 14.4. The van der Waals surface area contributed by atoms with Gasteiger partial charge in [0, 0.05) is 9.86 Å². The van der Waals surface area contributed by atoms with Crippen molar-refractivity contribution >= 4 is 43.6 Å². The zero-order valence-corrected chi connectivity index (χ0v) is 15.9. The van der Waals surface area contributed by atoms with Gasteiger partial charge in [-0.1, -0.05) is 52.4 Å².